The van der Waals surface area contributed by atoms with Gasteiger partial charge in [0.05, 0.1) is 11.0 Å². The van der Waals surface area contributed by atoms with Crippen molar-refractivity contribution >= 4 is 17.3 Å². The molecular formula is C20H26N3O3+. The van der Waals surface area contributed by atoms with E-state index in [1.165, 1.54) is 6.07 Å². The van der Waals surface area contributed by atoms with Crippen LogP contribution in [0.2, 0.25) is 0 Å². The van der Waals surface area contributed by atoms with Crippen LogP contribution >= 0.6 is 0 Å². The number of aryl methyl sites for hydroxylation is 1. The minimum Gasteiger partial charge on any atom is -0.330 e. The van der Waals surface area contributed by atoms with E-state index in [1.807, 2.05) is 35.6 Å². The van der Waals surface area contributed by atoms with E-state index in [0.29, 0.717) is 0 Å². The van der Waals surface area contributed by atoms with Crippen LogP contribution < -0.4 is 10.6 Å². The molecule has 0 aliphatic carbocycles. The number of amides is 1. The molecule has 0 aromatic heterocycles. The molecular weight excluding hydrogens is 330 g/mol. The molecule has 3 N–H and O–H groups in total. The Kier molecular flexibility index (Phi) is 6.86. The summed E-state index contributed by atoms with van der Waals surface area (Å²) >= 11 is 0. The number of nitro benzene ring substituents is 1. The Morgan fingerprint density at radius 3 is 2.54 bits per heavy atom. The number of carbonyl (C=O) groups is 1. The van der Waals surface area contributed by atoms with Gasteiger partial charge in [0.25, 0.3) is 11.6 Å². The first kappa shape index (κ1) is 19.6. The molecule has 6 nitrogen and oxygen atoms in total. The van der Waals surface area contributed by atoms with E-state index >= 15 is 0 Å². The van der Waals surface area contributed by atoms with Crippen LogP contribution in [0.3, 0.4) is 0 Å². The third-order valence-corrected chi connectivity index (χ3v) is 4.31. The lowest BCUT2D eigenvalue weighted by atomic mass is 10.0. The van der Waals surface area contributed by atoms with E-state index in [2.05, 4.69) is 19.2 Å². The summed E-state index contributed by atoms with van der Waals surface area (Å²) in [6.07, 6.45) is 2.02. The maximum atomic E-state index is 12.9. The van der Waals surface area contributed by atoms with Gasteiger partial charge in [-0.15, -0.1) is 0 Å². The Hall–Kier alpha value is -2.73. The lowest BCUT2D eigenvalue weighted by molar-refractivity contribution is -0.712. The molecule has 0 fully saturated rings. The van der Waals surface area contributed by atoms with Gasteiger partial charge in [0, 0.05) is 11.6 Å². The smallest absolute Gasteiger partial charge is 0.293 e. The maximum absolute atomic E-state index is 12.9. The number of nitrogens with zero attached hydrogens (tertiary/aromatic N) is 1. The normalized spacial score (nSPS) is 13.0. The second kappa shape index (κ2) is 9.10. The van der Waals surface area contributed by atoms with Crippen molar-refractivity contribution in [3.8, 4) is 0 Å². The molecule has 2 atom stereocenters. The molecule has 0 aliphatic heterocycles. The number of benzene rings is 2. The van der Waals surface area contributed by atoms with Crippen LogP contribution in [0.25, 0.3) is 0 Å². The van der Waals surface area contributed by atoms with Crippen LogP contribution in [0.15, 0.2) is 48.5 Å². The van der Waals surface area contributed by atoms with Gasteiger partial charge in [-0.2, -0.15) is 0 Å². The van der Waals surface area contributed by atoms with E-state index in [4.69, 9.17) is 0 Å². The highest BCUT2D eigenvalue weighted by molar-refractivity contribution is 5.96. The largest absolute Gasteiger partial charge is 0.330 e. The van der Waals surface area contributed by atoms with Gasteiger partial charge in [0.2, 0.25) is 0 Å². The van der Waals surface area contributed by atoms with E-state index in [-0.39, 0.29) is 23.3 Å². The van der Waals surface area contributed by atoms with Crippen LogP contribution in [-0.2, 0) is 4.79 Å². The summed E-state index contributed by atoms with van der Waals surface area (Å²) < 4.78 is 0. The second-order valence-electron chi connectivity index (χ2n) is 6.61. The van der Waals surface area contributed by atoms with E-state index in [1.54, 1.807) is 19.1 Å². The third-order valence-electron chi connectivity index (χ3n) is 4.31. The van der Waals surface area contributed by atoms with Crippen LogP contribution in [-0.4, -0.2) is 16.9 Å². The predicted octanol–water partition coefficient (Wildman–Crippen LogP) is 3.34. The molecule has 0 bridgehead atoms. The number of rotatable bonds is 8. The van der Waals surface area contributed by atoms with Crippen LogP contribution in [0, 0.1) is 17.0 Å². The molecule has 0 saturated heterocycles. The molecule has 138 valence electrons. The molecule has 0 aliphatic rings. The third kappa shape index (κ3) is 5.13. The topological polar surface area (TPSA) is 88.8 Å². The number of quaternary nitrogens is 1. The first-order valence-corrected chi connectivity index (χ1v) is 8.88. The van der Waals surface area contributed by atoms with Crippen molar-refractivity contribution in [1.82, 2.24) is 0 Å². The molecule has 2 rings (SSSR count). The molecule has 2 aromatic carbocycles. The number of anilines is 1. The van der Waals surface area contributed by atoms with Crippen molar-refractivity contribution < 1.29 is 15.0 Å². The Labute approximate surface area is 153 Å². The van der Waals surface area contributed by atoms with Gasteiger partial charge in [-0.3, -0.25) is 14.9 Å². The minimum atomic E-state index is -0.469. The summed E-state index contributed by atoms with van der Waals surface area (Å²) in [5.41, 5.74) is 1.79. The molecule has 0 unspecified atom stereocenters. The zero-order chi connectivity index (χ0) is 19.1. The number of nitrogens with one attached hydrogen (secondary N) is 1. The maximum Gasteiger partial charge on any atom is 0.293 e. The van der Waals surface area contributed by atoms with Crippen molar-refractivity contribution in [1.29, 1.82) is 0 Å². The predicted molar refractivity (Wildman–Crippen MR) is 102 cm³/mol. The van der Waals surface area contributed by atoms with E-state index < -0.39 is 11.0 Å². The summed E-state index contributed by atoms with van der Waals surface area (Å²) in [6, 6.07) is 14.1. The number of hydrogen-bond donors (Lipinski definition) is 2. The average molecular weight is 356 g/mol. The molecule has 0 radical (unpaired) electrons. The highest BCUT2D eigenvalue weighted by Gasteiger charge is 2.28. The van der Waals surface area contributed by atoms with E-state index in [9.17, 15) is 14.9 Å². The van der Waals surface area contributed by atoms with Crippen LogP contribution in [0.4, 0.5) is 11.4 Å². The van der Waals surface area contributed by atoms with Crippen molar-refractivity contribution in [3.63, 3.8) is 0 Å². The minimum absolute atomic E-state index is 0.0910. The molecule has 0 saturated carbocycles. The fraction of sp³-hybridized carbons (Fsp3) is 0.350. The quantitative estimate of drug-likeness (QED) is 0.561. The second-order valence-corrected chi connectivity index (χ2v) is 6.61. The summed E-state index contributed by atoms with van der Waals surface area (Å²) in [6.45, 7) is 5.98. The van der Waals surface area contributed by atoms with Gasteiger partial charge >= 0.3 is 0 Å². The van der Waals surface area contributed by atoms with Gasteiger partial charge in [-0.25, -0.2) is 0 Å². The lowest BCUT2D eigenvalue weighted by Crippen LogP contribution is -2.91. The monoisotopic (exact) mass is 356 g/mol. The zero-order valence-corrected chi connectivity index (χ0v) is 15.4. The van der Waals surface area contributed by atoms with Crippen LogP contribution in [0.5, 0.6) is 0 Å². The van der Waals surface area contributed by atoms with Crippen molar-refractivity contribution in [3.05, 3.63) is 69.8 Å². The highest BCUT2D eigenvalue weighted by atomic mass is 16.6. The van der Waals surface area contributed by atoms with Crippen molar-refractivity contribution in [2.45, 2.75) is 45.7 Å². The first-order valence-electron chi connectivity index (χ1n) is 8.88. The first-order chi connectivity index (χ1) is 12.4. The zero-order valence-electron chi connectivity index (χ0n) is 15.4. The number of carbonyl (C=O) groups excluding carboxylic acids is 1. The fourth-order valence-corrected chi connectivity index (χ4v) is 3.00. The lowest BCUT2D eigenvalue weighted by Gasteiger charge is -2.20. The Balaban J connectivity index is 2.28. The van der Waals surface area contributed by atoms with E-state index in [0.717, 1.165) is 24.0 Å². The van der Waals surface area contributed by atoms with Crippen LogP contribution in [0.1, 0.15) is 43.9 Å². The number of hydrogen-bond acceptors (Lipinski definition) is 3. The number of nitro groups is 1. The molecule has 1 amide bonds. The summed E-state index contributed by atoms with van der Waals surface area (Å²) in [4.78, 5) is 23.8. The van der Waals surface area contributed by atoms with Gasteiger partial charge < -0.3 is 10.6 Å². The molecule has 0 heterocycles. The van der Waals surface area contributed by atoms with Crippen molar-refractivity contribution in [2.75, 3.05) is 5.32 Å². The molecule has 26 heavy (non-hydrogen) atoms. The van der Waals surface area contributed by atoms with Gasteiger partial charge in [-0.05, 0) is 31.9 Å². The summed E-state index contributed by atoms with van der Waals surface area (Å²) in [5.74, 6) is -0.258. The number of nitrogens with two attached hydrogens (primary N) is 1. The molecule has 6 heteroatoms. The Morgan fingerprint density at radius 1 is 1.23 bits per heavy atom. The Morgan fingerprint density at radius 2 is 1.92 bits per heavy atom. The highest BCUT2D eigenvalue weighted by Crippen LogP contribution is 2.26. The summed E-state index contributed by atoms with van der Waals surface area (Å²) in [7, 11) is 0. The van der Waals surface area contributed by atoms with Crippen molar-refractivity contribution in [2.24, 2.45) is 0 Å². The SMILES string of the molecule is CCC[C@@H](C)[NH2+][C@H](C(=O)Nc1ccc(C)cc1[N+](=O)[O-])c1ccccc1. The van der Waals surface area contributed by atoms with Gasteiger partial charge in [0.1, 0.15) is 5.69 Å². The molecule has 2 aromatic rings. The molecule has 0 spiro atoms. The summed E-state index contributed by atoms with van der Waals surface area (Å²) in [5, 5.41) is 16.1. The fourth-order valence-electron chi connectivity index (χ4n) is 3.00. The average Bonchev–Trinajstić information content (AvgIpc) is 2.62. The Bertz CT molecular complexity index is 762. The standard InChI is InChI=1S/C20H25N3O3/c1-4-8-15(3)21-19(16-9-6-5-7-10-16)20(24)22-17-12-11-14(2)13-18(17)23(25)26/h5-7,9-13,15,19,21H,4,8H2,1-3H3,(H,22,24)/p+1/t15-,19+/m1/s1. The van der Waals surface area contributed by atoms with Gasteiger partial charge in [-0.1, -0.05) is 49.7 Å². The van der Waals surface area contributed by atoms with Gasteiger partial charge in [0.15, 0.2) is 6.04 Å².